The number of anilines is 1. The summed E-state index contributed by atoms with van der Waals surface area (Å²) in [7, 11) is 1.92. The Morgan fingerprint density at radius 3 is 2.84 bits per heavy atom. The zero-order valence-corrected chi connectivity index (χ0v) is 14.5. The first-order valence-electron chi connectivity index (χ1n) is 7.97. The summed E-state index contributed by atoms with van der Waals surface area (Å²) in [4.78, 5) is 24.5. The molecule has 1 aliphatic rings. The number of nitro groups is 1. The van der Waals surface area contributed by atoms with Gasteiger partial charge in [-0.15, -0.1) is 0 Å². The third-order valence-corrected chi connectivity index (χ3v) is 4.78. The van der Waals surface area contributed by atoms with Crippen molar-refractivity contribution in [2.45, 2.75) is 18.9 Å². The van der Waals surface area contributed by atoms with Gasteiger partial charge in [0.2, 0.25) is 5.91 Å². The van der Waals surface area contributed by atoms with Crippen LogP contribution in [-0.2, 0) is 11.2 Å². The highest BCUT2D eigenvalue weighted by atomic mass is 35.5. The van der Waals surface area contributed by atoms with Gasteiger partial charge in [-0.1, -0.05) is 35.9 Å². The van der Waals surface area contributed by atoms with Gasteiger partial charge < -0.3 is 5.32 Å². The van der Waals surface area contributed by atoms with Crippen LogP contribution in [0, 0.1) is 10.1 Å². The van der Waals surface area contributed by atoms with Crippen LogP contribution in [0.1, 0.15) is 23.6 Å². The highest BCUT2D eigenvalue weighted by Crippen LogP contribution is 2.34. The number of nitrogens with zero attached hydrogens (tertiary/aromatic N) is 2. The number of hydrogen-bond donors (Lipinski definition) is 1. The quantitative estimate of drug-likeness (QED) is 0.650. The van der Waals surface area contributed by atoms with Gasteiger partial charge in [0, 0.05) is 18.2 Å². The number of nitrogens with one attached hydrogen (secondary N) is 1. The molecule has 0 radical (unpaired) electrons. The lowest BCUT2D eigenvalue weighted by molar-refractivity contribution is -0.384. The van der Waals surface area contributed by atoms with Gasteiger partial charge in [-0.05, 0) is 37.1 Å². The molecule has 0 bridgehead atoms. The van der Waals surface area contributed by atoms with Gasteiger partial charge in [-0.2, -0.15) is 0 Å². The van der Waals surface area contributed by atoms with Gasteiger partial charge in [0.1, 0.15) is 0 Å². The molecule has 0 fully saturated rings. The molecule has 2 aromatic carbocycles. The molecular formula is C18H18ClN3O3. The number of carbonyl (C=O) groups is 1. The Labute approximate surface area is 150 Å². The molecule has 7 heteroatoms. The van der Waals surface area contributed by atoms with E-state index in [0.29, 0.717) is 5.69 Å². The van der Waals surface area contributed by atoms with Crippen LogP contribution in [0.5, 0.6) is 0 Å². The fourth-order valence-electron chi connectivity index (χ4n) is 3.24. The van der Waals surface area contributed by atoms with E-state index in [9.17, 15) is 14.9 Å². The number of likely N-dealkylation sites (N-methyl/N-ethyl adjacent to an activating group) is 1. The van der Waals surface area contributed by atoms with Crippen molar-refractivity contribution < 1.29 is 9.72 Å². The minimum Gasteiger partial charge on any atom is -0.324 e. The van der Waals surface area contributed by atoms with Crippen molar-refractivity contribution in [3.63, 3.8) is 0 Å². The number of fused-ring (bicyclic) bond motifs is 1. The highest BCUT2D eigenvalue weighted by Gasteiger charge is 2.26. The van der Waals surface area contributed by atoms with Gasteiger partial charge in [-0.3, -0.25) is 19.8 Å². The van der Waals surface area contributed by atoms with E-state index in [1.807, 2.05) is 24.1 Å². The molecule has 0 unspecified atom stereocenters. The summed E-state index contributed by atoms with van der Waals surface area (Å²) >= 11 is 6.02. The summed E-state index contributed by atoms with van der Waals surface area (Å²) in [5, 5.41) is 13.6. The van der Waals surface area contributed by atoms with Crippen molar-refractivity contribution in [3.05, 3.63) is 68.7 Å². The van der Waals surface area contributed by atoms with E-state index in [4.69, 9.17) is 11.6 Å². The lowest BCUT2D eigenvalue weighted by Gasteiger charge is -2.24. The summed E-state index contributed by atoms with van der Waals surface area (Å²) in [5.41, 5.74) is 2.87. The average Bonchev–Trinajstić information content (AvgIpc) is 3.00. The number of halogens is 1. The Balaban J connectivity index is 1.64. The predicted molar refractivity (Wildman–Crippen MR) is 96.9 cm³/mol. The van der Waals surface area contributed by atoms with Crippen molar-refractivity contribution >= 4 is 28.9 Å². The van der Waals surface area contributed by atoms with Crippen LogP contribution in [0.2, 0.25) is 5.02 Å². The molecule has 25 heavy (non-hydrogen) atoms. The van der Waals surface area contributed by atoms with Crippen molar-refractivity contribution in [2.24, 2.45) is 0 Å². The minimum absolute atomic E-state index is 0.109. The number of amides is 1. The van der Waals surface area contributed by atoms with E-state index in [2.05, 4.69) is 17.4 Å². The van der Waals surface area contributed by atoms with Gasteiger partial charge in [0.05, 0.1) is 22.2 Å². The monoisotopic (exact) mass is 359 g/mol. The zero-order chi connectivity index (χ0) is 18.0. The summed E-state index contributed by atoms with van der Waals surface area (Å²) in [6, 6.07) is 12.5. The standard InChI is InChI=1S/C18H18ClN3O3/c1-21(17-9-6-12-4-2-3-5-14(12)17)11-18(23)20-16-8-7-13(22(24)25)10-15(16)19/h2-5,7-8,10,17H,6,9,11H2,1H3,(H,20,23)/t17-/m0/s1. The van der Waals surface area contributed by atoms with Crippen LogP contribution < -0.4 is 5.32 Å². The normalized spacial score (nSPS) is 15.9. The second-order valence-corrected chi connectivity index (χ2v) is 6.55. The summed E-state index contributed by atoms with van der Waals surface area (Å²) in [6.07, 6.45) is 2.00. The van der Waals surface area contributed by atoms with Crippen LogP contribution in [0.4, 0.5) is 11.4 Å². The largest absolute Gasteiger partial charge is 0.324 e. The lowest BCUT2D eigenvalue weighted by atomic mass is 10.1. The number of nitro benzene ring substituents is 1. The van der Waals surface area contributed by atoms with Crippen molar-refractivity contribution in [1.29, 1.82) is 0 Å². The van der Waals surface area contributed by atoms with Crippen LogP contribution in [0.3, 0.4) is 0 Å². The summed E-state index contributed by atoms with van der Waals surface area (Å²) in [6.45, 7) is 0.215. The average molecular weight is 360 g/mol. The molecule has 2 aromatic rings. The van der Waals surface area contributed by atoms with E-state index >= 15 is 0 Å². The van der Waals surface area contributed by atoms with E-state index in [1.165, 1.54) is 29.3 Å². The Hall–Kier alpha value is -2.44. The molecule has 0 aromatic heterocycles. The first-order valence-corrected chi connectivity index (χ1v) is 8.35. The third-order valence-electron chi connectivity index (χ3n) is 4.46. The Morgan fingerprint density at radius 2 is 2.12 bits per heavy atom. The van der Waals surface area contributed by atoms with Crippen molar-refractivity contribution in [3.8, 4) is 0 Å². The molecule has 0 saturated heterocycles. The molecule has 0 heterocycles. The molecule has 0 aliphatic heterocycles. The van der Waals surface area contributed by atoms with E-state index in [1.54, 1.807) is 0 Å². The van der Waals surface area contributed by atoms with E-state index in [-0.39, 0.29) is 29.2 Å². The Kier molecular flexibility index (Phi) is 5.01. The summed E-state index contributed by atoms with van der Waals surface area (Å²) < 4.78 is 0. The zero-order valence-electron chi connectivity index (χ0n) is 13.7. The van der Waals surface area contributed by atoms with Gasteiger partial charge in [0.15, 0.2) is 0 Å². The molecule has 6 nitrogen and oxygen atoms in total. The number of non-ortho nitro benzene ring substituents is 1. The van der Waals surface area contributed by atoms with Gasteiger partial charge in [-0.25, -0.2) is 0 Å². The van der Waals surface area contributed by atoms with Crippen molar-refractivity contribution in [1.82, 2.24) is 4.90 Å². The Morgan fingerprint density at radius 1 is 1.36 bits per heavy atom. The van der Waals surface area contributed by atoms with Crippen LogP contribution in [0.15, 0.2) is 42.5 Å². The maximum absolute atomic E-state index is 12.3. The smallest absolute Gasteiger partial charge is 0.271 e. The highest BCUT2D eigenvalue weighted by molar-refractivity contribution is 6.34. The molecule has 130 valence electrons. The summed E-state index contributed by atoms with van der Waals surface area (Å²) in [5.74, 6) is -0.206. The van der Waals surface area contributed by atoms with Crippen LogP contribution in [-0.4, -0.2) is 29.3 Å². The SMILES string of the molecule is CN(CC(=O)Nc1ccc([N+](=O)[O-])cc1Cl)[C@H]1CCc2ccccc21. The fourth-order valence-corrected chi connectivity index (χ4v) is 3.46. The second-order valence-electron chi connectivity index (χ2n) is 6.14. The molecule has 1 aliphatic carbocycles. The molecular weight excluding hydrogens is 342 g/mol. The number of hydrogen-bond acceptors (Lipinski definition) is 4. The molecule has 1 atom stereocenters. The minimum atomic E-state index is -0.525. The topological polar surface area (TPSA) is 75.5 Å². The predicted octanol–water partition coefficient (Wildman–Crippen LogP) is 3.81. The first-order chi connectivity index (χ1) is 12.0. The van der Waals surface area contributed by atoms with Gasteiger partial charge in [0.25, 0.3) is 5.69 Å². The first kappa shape index (κ1) is 17.4. The lowest BCUT2D eigenvalue weighted by Crippen LogP contribution is -2.32. The molecule has 1 amide bonds. The van der Waals surface area contributed by atoms with Crippen LogP contribution in [0.25, 0.3) is 0 Å². The second kappa shape index (κ2) is 7.21. The third kappa shape index (κ3) is 3.81. The molecule has 3 rings (SSSR count). The number of carbonyl (C=O) groups excluding carboxylic acids is 1. The molecule has 0 spiro atoms. The van der Waals surface area contributed by atoms with E-state index < -0.39 is 4.92 Å². The number of aryl methyl sites for hydroxylation is 1. The maximum atomic E-state index is 12.3. The maximum Gasteiger partial charge on any atom is 0.271 e. The number of rotatable bonds is 5. The van der Waals surface area contributed by atoms with Gasteiger partial charge >= 0.3 is 0 Å². The van der Waals surface area contributed by atoms with Crippen molar-refractivity contribution in [2.75, 3.05) is 18.9 Å². The Bertz CT molecular complexity index is 825. The van der Waals surface area contributed by atoms with Crippen LogP contribution >= 0.6 is 11.6 Å². The molecule has 0 saturated carbocycles. The molecule has 1 N–H and O–H groups in total. The van der Waals surface area contributed by atoms with E-state index in [0.717, 1.165) is 12.8 Å². The fraction of sp³-hybridized carbons (Fsp3) is 0.278. The number of benzene rings is 2.